The molecule has 1 aromatic carbocycles. The minimum atomic E-state index is -0.165. The molecule has 3 rings (SSSR count). The fourth-order valence-electron chi connectivity index (χ4n) is 3.18. The molecule has 8 heteroatoms. The maximum absolute atomic E-state index is 12.7. The van der Waals surface area contributed by atoms with Gasteiger partial charge < -0.3 is 15.5 Å². The summed E-state index contributed by atoms with van der Waals surface area (Å²) in [5.41, 5.74) is 2.55. The maximum Gasteiger partial charge on any atom is 0.318 e. The number of hydrogen-bond acceptors (Lipinski definition) is 4. The fourth-order valence-corrected chi connectivity index (χ4v) is 3.18. The summed E-state index contributed by atoms with van der Waals surface area (Å²) >= 11 is 0. The van der Waals surface area contributed by atoms with Crippen molar-refractivity contribution < 1.29 is 9.59 Å². The van der Waals surface area contributed by atoms with Crippen LogP contribution in [0.4, 0.5) is 10.5 Å². The smallest absolute Gasteiger partial charge is 0.318 e. The third-order valence-corrected chi connectivity index (χ3v) is 4.76. The van der Waals surface area contributed by atoms with Crippen LogP contribution in [-0.2, 0) is 17.9 Å². The molecule has 2 N–H and O–H groups in total. The highest BCUT2D eigenvalue weighted by Crippen LogP contribution is 2.19. The van der Waals surface area contributed by atoms with Gasteiger partial charge >= 0.3 is 6.03 Å². The van der Waals surface area contributed by atoms with E-state index in [1.807, 2.05) is 50.2 Å². The molecule has 0 saturated carbocycles. The van der Waals surface area contributed by atoms with Crippen molar-refractivity contribution in [3.63, 3.8) is 0 Å². The third-order valence-electron chi connectivity index (χ3n) is 4.76. The number of anilines is 1. The normalized spacial score (nSPS) is 11.5. The Morgan fingerprint density at radius 2 is 2.03 bits per heavy atom. The van der Waals surface area contributed by atoms with Crippen molar-refractivity contribution in [3.05, 3.63) is 78.4 Å². The molecule has 2 heterocycles. The van der Waals surface area contributed by atoms with Crippen molar-refractivity contribution in [3.8, 4) is 0 Å². The number of nitrogens with one attached hydrogen (secondary N) is 2. The molecule has 1 atom stereocenters. The molecular formula is C22H26N6O2. The van der Waals surface area contributed by atoms with Gasteiger partial charge in [-0.2, -0.15) is 5.10 Å². The van der Waals surface area contributed by atoms with Gasteiger partial charge in [-0.15, -0.1) is 0 Å². The lowest BCUT2D eigenvalue weighted by Crippen LogP contribution is -2.41. The van der Waals surface area contributed by atoms with E-state index in [0.29, 0.717) is 18.8 Å². The van der Waals surface area contributed by atoms with E-state index >= 15 is 0 Å². The summed E-state index contributed by atoms with van der Waals surface area (Å²) in [6.45, 7) is 5.01. The van der Waals surface area contributed by atoms with Gasteiger partial charge in [0, 0.05) is 43.6 Å². The minimum absolute atomic E-state index is 0.0865. The lowest BCUT2D eigenvalue weighted by atomic mass is 10.1. The van der Waals surface area contributed by atoms with E-state index in [-0.39, 0.29) is 24.5 Å². The third kappa shape index (κ3) is 5.66. The van der Waals surface area contributed by atoms with Crippen LogP contribution in [-0.4, -0.2) is 38.1 Å². The Morgan fingerprint density at radius 3 is 2.73 bits per heavy atom. The highest BCUT2D eigenvalue weighted by Gasteiger charge is 2.19. The number of benzene rings is 1. The number of carbonyl (C=O) groups excluding carboxylic acids is 2. The van der Waals surface area contributed by atoms with Gasteiger partial charge in [0.05, 0.1) is 6.04 Å². The van der Waals surface area contributed by atoms with Gasteiger partial charge in [0.15, 0.2) is 0 Å². The standard InChI is InChI=1S/C22H26N6O2/c1-3-28(17(2)19-8-5-10-23-15-19)22(30)24-14-18-7-4-9-20(13-18)26-21(29)16-27-12-6-11-25-27/h4-13,15,17H,3,14,16H2,1-2H3,(H,24,30)(H,26,29). The quantitative estimate of drug-likeness (QED) is 0.601. The lowest BCUT2D eigenvalue weighted by Gasteiger charge is -2.28. The van der Waals surface area contributed by atoms with Crippen molar-refractivity contribution in [2.75, 3.05) is 11.9 Å². The SMILES string of the molecule is CCN(C(=O)NCc1cccc(NC(=O)Cn2cccn2)c1)C(C)c1cccnc1. The van der Waals surface area contributed by atoms with Crippen LogP contribution in [0.25, 0.3) is 0 Å². The zero-order chi connectivity index (χ0) is 21.3. The Labute approximate surface area is 175 Å². The Balaban J connectivity index is 1.56. The van der Waals surface area contributed by atoms with Crippen LogP contribution in [0.15, 0.2) is 67.3 Å². The van der Waals surface area contributed by atoms with Crippen LogP contribution < -0.4 is 10.6 Å². The first-order valence-electron chi connectivity index (χ1n) is 9.87. The molecule has 0 aliphatic heterocycles. The second kappa shape index (κ2) is 10.2. The average molecular weight is 406 g/mol. The van der Waals surface area contributed by atoms with Crippen LogP contribution >= 0.6 is 0 Å². The molecule has 8 nitrogen and oxygen atoms in total. The first-order valence-corrected chi connectivity index (χ1v) is 9.87. The Bertz CT molecular complexity index is 959. The highest BCUT2D eigenvalue weighted by molar-refractivity contribution is 5.90. The maximum atomic E-state index is 12.7. The summed E-state index contributed by atoms with van der Waals surface area (Å²) in [6.07, 6.45) is 6.85. The van der Waals surface area contributed by atoms with E-state index in [1.54, 1.807) is 40.4 Å². The average Bonchev–Trinajstić information content (AvgIpc) is 3.26. The Kier molecular flexibility index (Phi) is 7.15. The largest absolute Gasteiger partial charge is 0.334 e. The first kappa shape index (κ1) is 21.0. The van der Waals surface area contributed by atoms with E-state index in [9.17, 15) is 9.59 Å². The van der Waals surface area contributed by atoms with Crippen LogP contribution in [0.2, 0.25) is 0 Å². The summed E-state index contributed by atoms with van der Waals surface area (Å²) in [5.74, 6) is -0.165. The first-order chi connectivity index (χ1) is 14.6. The van der Waals surface area contributed by atoms with Crippen LogP contribution in [0.1, 0.15) is 31.0 Å². The summed E-state index contributed by atoms with van der Waals surface area (Å²) in [4.78, 5) is 30.7. The molecule has 156 valence electrons. The molecule has 3 aromatic rings. The molecule has 2 aromatic heterocycles. The van der Waals surface area contributed by atoms with Crippen LogP contribution in [0.5, 0.6) is 0 Å². The Hall–Kier alpha value is -3.68. The number of carbonyl (C=O) groups is 2. The van der Waals surface area contributed by atoms with Gasteiger partial charge in [0.1, 0.15) is 6.54 Å². The molecule has 0 radical (unpaired) electrons. The number of amides is 3. The lowest BCUT2D eigenvalue weighted by molar-refractivity contribution is -0.116. The molecule has 0 aliphatic rings. The number of aromatic nitrogens is 3. The second-order valence-electron chi connectivity index (χ2n) is 6.86. The second-order valence-corrected chi connectivity index (χ2v) is 6.86. The zero-order valence-electron chi connectivity index (χ0n) is 17.2. The van der Waals surface area contributed by atoms with Crippen LogP contribution in [0.3, 0.4) is 0 Å². The molecule has 30 heavy (non-hydrogen) atoms. The van der Waals surface area contributed by atoms with E-state index in [0.717, 1.165) is 11.1 Å². The highest BCUT2D eigenvalue weighted by atomic mass is 16.2. The van der Waals surface area contributed by atoms with Gasteiger partial charge in [-0.3, -0.25) is 14.5 Å². The number of nitrogens with zero attached hydrogens (tertiary/aromatic N) is 4. The van der Waals surface area contributed by atoms with Crippen LogP contribution in [0, 0.1) is 0 Å². The van der Waals surface area contributed by atoms with Crippen molar-refractivity contribution in [2.45, 2.75) is 33.0 Å². The molecule has 0 fully saturated rings. The fraction of sp³-hybridized carbons (Fsp3) is 0.273. The van der Waals surface area contributed by atoms with Crippen molar-refractivity contribution in [1.29, 1.82) is 0 Å². The summed E-state index contributed by atoms with van der Waals surface area (Å²) < 4.78 is 1.56. The van der Waals surface area contributed by atoms with E-state index in [4.69, 9.17) is 0 Å². The summed E-state index contributed by atoms with van der Waals surface area (Å²) in [6, 6.07) is 12.8. The van der Waals surface area contributed by atoms with Crippen molar-refractivity contribution in [2.24, 2.45) is 0 Å². The number of hydrogen-bond donors (Lipinski definition) is 2. The molecule has 3 amide bonds. The molecule has 0 aliphatic carbocycles. The van der Waals surface area contributed by atoms with E-state index in [1.165, 1.54) is 0 Å². The molecular weight excluding hydrogens is 380 g/mol. The number of pyridine rings is 1. The summed E-state index contributed by atoms with van der Waals surface area (Å²) in [5, 5.41) is 9.83. The van der Waals surface area contributed by atoms with E-state index < -0.39 is 0 Å². The van der Waals surface area contributed by atoms with Gasteiger partial charge in [-0.05, 0) is 49.2 Å². The molecule has 1 unspecified atom stereocenters. The monoisotopic (exact) mass is 406 g/mol. The molecule has 0 bridgehead atoms. The summed E-state index contributed by atoms with van der Waals surface area (Å²) in [7, 11) is 0. The van der Waals surface area contributed by atoms with Crippen molar-refractivity contribution >= 4 is 17.6 Å². The predicted octanol–water partition coefficient (Wildman–Crippen LogP) is 3.21. The van der Waals surface area contributed by atoms with Gasteiger partial charge in [0.25, 0.3) is 0 Å². The number of urea groups is 1. The predicted molar refractivity (Wildman–Crippen MR) is 115 cm³/mol. The molecule has 0 spiro atoms. The molecule has 0 saturated heterocycles. The zero-order valence-corrected chi connectivity index (χ0v) is 17.2. The van der Waals surface area contributed by atoms with Gasteiger partial charge in [-0.1, -0.05) is 18.2 Å². The van der Waals surface area contributed by atoms with E-state index in [2.05, 4.69) is 20.7 Å². The minimum Gasteiger partial charge on any atom is -0.334 e. The van der Waals surface area contributed by atoms with Gasteiger partial charge in [-0.25, -0.2) is 4.79 Å². The Morgan fingerprint density at radius 1 is 1.17 bits per heavy atom. The topological polar surface area (TPSA) is 92.2 Å². The number of rotatable bonds is 8. The van der Waals surface area contributed by atoms with Gasteiger partial charge in [0.2, 0.25) is 5.91 Å². The van der Waals surface area contributed by atoms with Crippen molar-refractivity contribution in [1.82, 2.24) is 25.0 Å².